The largest absolute Gasteiger partial charge is 0.317 e. The fraction of sp³-hybridized carbons (Fsp3) is 0.667. The van der Waals surface area contributed by atoms with Gasteiger partial charge >= 0.3 is 0 Å². The summed E-state index contributed by atoms with van der Waals surface area (Å²) in [6, 6.07) is 4.79. The molecule has 3 saturated carbocycles. The minimum Gasteiger partial charge on any atom is -0.317 e. The Kier molecular flexibility index (Phi) is 2.06. The molecule has 1 aromatic rings. The molecule has 4 heteroatoms. The van der Waals surface area contributed by atoms with Crippen LogP contribution in [-0.2, 0) is 4.79 Å². The fourth-order valence-electron chi connectivity index (χ4n) is 5.19. The number of carbonyl (C=O) groups is 1. The monoisotopic (exact) mass is 274 g/mol. The van der Waals surface area contributed by atoms with Gasteiger partial charge in [0.05, 0.1) is 6.54 Å². The number of hydrogen-bond acceptors (Lipinski definition) is 3. The predicted octanol–water partition coefficient (Wildman–Crippen LogP) is 2.22. The molecule has 1 amide bonds. The number of amides is 1. The number of nitrogens with one attached hydrogen (secondary N) is 1. The molecule has 1 saturated heterocycles. The topological polar surface area (TPSA) is 32.3 Å². The van der Waals surface area contributed by atoms with Crippen molar-refractivity contribution in [1.29, 1.82) is 0 Å². The third-order valence-electron chi connectivity index (χ3n) is 5.84. The molecule has 1 aliphatic heterocycles. The first-order valence-electron chi connectivity index (χ1n) is 7.42. The van der Waals surface area contributed by atoms with E-state index in [0.29, 0.717) is 18.5 Å². The van der Waals surface area contributed by atoms with E-state index in [0.717, 1.165) is 23.7 Å². The third kappa shape index (κ3) is 1.34. The van der Waals surface area contributed by atoms with Gasteiger partial charge in [0, 0.05) is 10.9 Å². The van der Waals surface area contributed by atoms with Gasteiger partial charge in [0.25, 0.3) is 0 Å². The molecule has 1 N–H and O–H groups in total. The number of fused-ring (bicyclic) bond motifs is 5. The highest BCUT2D eigenvalue weighted by molar-refractivity contribution is 7.10. The second kappa shape index (κ2) is 3.61. The van der Waals surface area contributed by atoms with E-state index in [-0.39, 0.29) is 6.17 Å². The summed E-state index contributed by atoms with van der Waals surface area (Å²) in [6.45, 7) is 0.522. The van der Waals surface area contributed by atoms with Gasteiger partial charge in [-0.05, 0) is 54.4 Å². The molecule has 0 radical (unpaired) electrons. The van der Waals surface area contributed by atoms with Gasteiger partial charge in [0.15, 0.2) is 0 Å². The SMILES string of the molecule is O=C1CNC(c2cccs2)N1C1C2C3CCC(C3)C21. The van der Waals surface area contributed by atoms with Crippen molar-refractivity contribution in [3.63, 3.8) is 0 Å². The van der Waals surface area contributed by atoms with E-state index in [1.165, 1.54) is 24.1 Å². The van der Waals surface area contributed by atoms with Crippen molar-refractivity contribution in [2.24, 2.45) is 23.7 Å². The van der Waals surface area contributed by atoms with Crippen LogP contribution in [0.1, 0.15) is 30.3 Å². The number of rotatable bonds is 2. The molecule has 2 heterocycles. The molecule has 19 heavy (non-hydrogen) atoms. The highest BCUT2D eigenvalue weighted by atomic mass is 32.1. The van der Waals surface area contributed by atoms with Crippen LogP contribution in [0, 0.1) is 23.7 Å². The molecule has 4 aliphatic rings. The Morgan fingerprint density at radius 1 is 1.26 bits per heavy atom. The lowest BCUT2D eigenvalue weighted by Gasteiger charge is -2.26. The predicted molar refractivity (Wildman–Crippen MR) is 73.5 cm³/mol. The van der Waals surface area contributed by atoms with Crippen LogP contribution >= 0.6 is 11.3 Å². The van der Waals surface area contributed by atoms with Crippen LogP contribution in [0.2, 0.25) is 0 Å². The van der Waals surface area contributed by atoms with Crippen molar-refractivity contribution in [3.8, 4) is 0 Å². The summed E-state index contributed by atoms with van der Waals surface area (Å²) in [4.78, 5) is 15.8. The lowest BCUT2D eigenvalue weighted by Crippen LogP contribution is -2.35. The van der Waals surface area contributed by atoms with E-state index in [1.807, 2.05) is 0 Å². The standard InChI is InChI=1S/C15H18N2OS/c18-11-7-16-15(10-2-1-5-19-10)17(11)14-12-8-3-4-9(6-8)13(12)14/h1-2,5,8-9,12-16H,3-4,6-7H2. The first-order chi connectivity index (χ1) is 9.34. The Labute approximate surface area is 117 Å². The average molecular weight is 274 g/mol. The number of thiophene rings is 1. The molecule has 5 rings (SSSR count). The van der Waals surface area contributed by atoms with Gasteiger partial charge in [0.1, 0.15) is 6.17 Å². The normalized spacial score (nSPS) is 46.9. The van der Waals surface area contributed by atoms with Crippen LogP contribution < -0.4 is 5.32 Å². The summed E-state index contributed by atoms with van der Waals surface area (Å²) in [5, 5.41) is 5.51. The van der Waals surface area contributed by atoms with E-state index in [9.17, 15) is 4.79 Å². The molecule has 0 aromatic carbocycles. The van der Waals surface area contributed by atoms with Crippen LogP contribution in [0.15, 0.2) is 17.5 Å². The Morgan fingerprint density at radius 3 is 2.74 bits per heavy atom. The summed E-state index contributed by atoms with van der Waals surface area (Å²) >= 11 is 1.76. The highest BCUT2D eigenvalue weighted by Crippen LogP contribution is 2.68. The third-order valence-corrected chi connectivity index (χ3v) is 6.77. The Hall–Kier alpha value is -0.870. The van der Waals surface area contributed by atoms with Gasteiger partial charge in [-0.15, -0.1) is 11.3 Å². The van der Waals surface area contributed by atoms with E-state index >= 15 is 0 Å². The van der Waals surface area contributed by atoms with Crippen LogP contribution in [0.3, 0.4) is 0 Å². The van der Waals surface area contributed by atoms with Gasteiger partial charge in [0.2, 0.25) is 5.91 Å². The molecule has 3 aliphatic carbocycles. The number of carbonyl (C=O) groups excluding carboxylic acids is 1. The smallest absolute Gasteiger partial charge is 0.238 e. The maximum atomic E-state index is 12.3. The van der Waals surface area contributed by atoms with Crippen molar-refractivity contribution in [2.75, 3.05) is 6.54 Å². The lowest BCUT2D eigenvalue weighted by atomic mass is 10.0. The average Bonchev–Trinajstić information content (AvgIpc) is 2.96. The zero-order chi connectivity index (χ0) is 12.6. The zero-order valence-corrected chi connectivity index (χ0v) is 11.6. The Bertz CT molecular complexity index is 512. The quantitative estimate of drug-likeness (QED) is 0.897. The molecule has 2 bridgehead atoms. The summed E-state index contributed by atoms with van der Waals surface area (Å²) in [5.41, 5.74) is 0. The van der Waals surface area contributed by atoms with Gasteiger partial charge in [-0.25, -0.2) is 0 Å². The van der Waals surface area contributed by atoms with E-state index in [2.05, 4.69) is 27.7 Å². The maximum absolute atomic E-state index is 12.3. The summed E-state index contributed by atoms with van der Waals surface area (Å²) in [5.74, 6) is 3.85. The van der Waals surface area contributed by atoms with Crippen molar-refractivity contribution in [3.05, 3.63) is 22.4 Å². The molecule has 1 aromatic heterocycles. The van der Waals surface area contributed by atoms with E-state index in [4.69, 9.17) is 0 Å². The second-order valence-electron chi connectivity index (χ2n) is 6.58. The van der Waals surface area contributed by atoms with E-state index < -0.39 is 0 Å². The summed E-state index contributed by atoms with van der Waals surface area (Å²) < 4.78 is 0. The molecule has 0 spiro atoms. The van der Waals surface area contributed by atoms with Gasteiger partial charge in [-0.3, -0.25) is 10.1 Å². The maximum Gasteiger partial charge on any atom is 0.238 e. The van der Waals surface area contributed by atoms with Crippen LogP contribution in [-0.4, -0.2) is 23.4 Å². The van der Waals surface area contributed by atoms with Crippen molar-refractivity contribution in [2.45, 2.75) is 31.5 Å². The van der Waals surface area contributed by atoms with Gasteiger partial charge in [-0.1, -0.05) is 6.07 Å². The molecule has 3 nitrogen and oxygen atoms in total. The summed E-state index contributed by atoms with van der Waals surface area (Å²) in [7, 11) is 0. The highest BCUT2D eigenvalue weighted by Gasteiger charge is 2.68. The van der Waals surface area contributed by atoms with Gasteiger partial charge in [-0.2, -0.15) is 0 Å². The van der Waals surface area contributed by atoms with Crippen LogP contribution in [0.25, 0.3) is 0 Å². The molecule has 4 fully saturated rings. The van der Waals surface area contributed by atoms with Crippen molar-refractivity contribution >= 4 is 17.2 Å². The Balaban J connectivity index is 1.46. The first kappa shape index (κ1) is 10.9. The number of hydrogen-bond donors (Lipinski definition) is 1. The minimum atomic E-state index is 0.155. The number of nitrogens with zero attached hydrogens (tertiary/aromatic N) is 1. The van der Waals surface area contributed by atoms with Crippen LogP contribution in [0.5, 0.6) is 0 Å². The second-order valence-corrected chi connectivity index (χ2v) is 7.56. The van der Waals surface area contributed by atoms with E-state index in [1.54, 1.807) is 11.3 Å². The van der Waals surface area contributed by atoms with Crippen LogP contribution in [0.4, 0.5) is 0 Å². The molecule has 5 atom stereocenters. The molecular formula is C15H18N2OS. The van der Waals surface area contributed by atoms with Gasteiger partial charge < -0.3 is 4.90 Å². The molecular weight excluding hydrogens is 256 g/mol. The van der Waals surface area contributed by atoms with Crippen molar-refractivity contribution in [1.82, 2.24) is 10.2 Å². The molecule has 5 unspecified atom stereocenters. The lowest BCUT2D eigenvalue weighted by molar-refractivity contribution is -0.129. The Morgan fingerprint density at radius 2 is 2.05 bits per heavy atom. The minimum absolute atomic E-state index is 0.155. The fourth-order valence-corrected chi connectivity index (χ4v) is 5.99. The summed E-state index contributed by atoms with van der Waals surface area (Å²) in [6.07, 6.45) is 4.44. The first-order valence-corrected chi connectivity index (χ1v) is 8.30. The molecule has 100 valence electrons. The zero-order valence-electron chi connectivity index (χ0n) is 10.8. The van der Waals surface area contributed by atoms with Crippen molar-refractivity contribution < 1.29 is 4.79 Å².